The molecule has 0 fully saturated rings. The summed E-state index contributed by atoms with van der Waals surface area (Å²) in [6.45, 7) is -0.335. The summed E-state index contributed by atoms with van der Waals surface area (Å²) in [7, 11) is 1.68. The van der Waals surface area contributed by atoms with Crippen molar-refractivity contribution in [2.75, 3.05) is 17.7 Å². The lowest BCUT2D eigenvalue weighted by Crippen LogP contribution is -2.28. The molecule has 0 unspecified atom stereocenters. The first-order valence-electron chi connectivity index (χ1n) is 6.00. The molecule has 1 aromatic heterocycles. The predicted octanol–water partition coefficient (Wildman–Crippen LogP) is 0.513. The minimum Gasteiger partial charge on any atom is -0.480 e. The number of aliphatic carboxylic acids is 1. The molecule has 0 saturated carbocycles. The second kappa shape index (κ2) is 6.84. The van der Waals surface area contributed by atoms with Gasteiger partial charge in [0.15, 0.2) is 0 Å². The summed E-state index contributed by atoms with van der Waals surface area (Å²) in [5.41, 5.74) is 0.785. The maximum atomic E-state index is 12.1. The molecule has 0 aliphatic heterocycles. The zero-order valence-electron chi connectivity index (χ0n) is 11.2. The Morgan fingerprint density at radius 1 is 1.33 bits per heavy atom. The van der Waals surface area contributed by atoms with E-state index in [2.05, 4.69) is 15.5 Å². The van der Waals surface area contributed by atoms with E-state index in [4.69, 9.17) is 5.11 Å². The van der Waals surface area contributed by atoms with Gasteiger partial charge in [0.1, 0.15) is 6.54 Å². The van der Waals surface area contributed by atoms with E-state index in [9.17, 15) is 9.59 Å². The maximum absolute atomic E-state index is 12.1. The van der Waals surface area contributed by atoms with Crippen molar-refractivity contribution < 1.29 is 14.7 Å². The highest BCUT2D eigenvalue weighted by atomic mass is 32.2. The molecule has 0 aliphatic carbocycles. The van der Waals surface area contributed by atoms with E-state index in [1.165, 1.54) is 4.90 Å². The molecule has 21 heavy (non-hydrogen) atoms. The highest BCUT2D eigenvalue weighted by Crippen LogP contribution is 2.17. The van der Waals surface area contributed by atoms with Crippen molar-refractivity contribution in [3.05, 3.63) is 30.3 Å². The number of thioether (sulfide) groups is 1. The molecule has 1 heterocycles. The second-order valence-electron chi connectivity index (χ2n) is 4.09. The number of hydrogen-bond donors (Lipinski definition) is 1. The van der Waals surface area contributed by atoms with Crippen LogP contribution in [0.15, 0.2) is 35.5 Å². The highest BCUT2D eigenvalue weighted by Gasteiger charge is 2.15. The van der Waals surface area contributed by atoms with Gasteiger partial charge in [-0.25, -0.2) is 4.68 Å². The van der Waals surface area contributed by atoms with E-state index in [1.807, 2.05) is 30.3 Å². The van der Waals surface area contributed by atoms with Crippen LogP contribution in [0.1, 0.15) is 0 Å². The van der Waals surface area contributed by atoms with Crippen LogP contribution in [-0.4, -0.2) is 50.0 Å². The fraction of sp³-hybridized carbons (Fsp3) is 0.250. The van der Waals surface area contributed by atoms with E-state index < -0.39 is 5.97 Å². The van der Waals surface area contributed by atoms with Gasteiger partial charge >= 0.3 is 5.97 Å². The van der Waals surface area contributed by atoms with Gasteiger partial charge in [0.25, 0.3) is 0 Å². The smallest absolute Gasteiger partial charge is 0.325 e. The molecule has 1 aromatic carbocycles. The van der Waals surface area contributed by atoms with Crippen LogP contribution in [0.25, 0.3) is 0 Å². The van der Waals surface area contributed by atoms with Gasteiger partial charge in [-0.15, -0.1) is 5.10 Å². The van der Waals surface area contributed by atoms with Crippen molar-refractivity contribution in [1.82, 2.24) is 20.2 Å². The van der Waals surface area contributed by atoms with Crippen LogP contribution in [-0.2, 0) is 16.1 Å². The molecular formula is C12H13N5O3S. The zero-order chi connectivity index (χ0) is 15.2. The van der Waals surface area contributed by atoms with Gasteiger partial charge in [0.2, 0.25) is 11.1 Å². The van der Waals surface area contributed by atoms with Crippen molar-refractivity contribution in [1.29, 1.82) is 0 Å². The molecule has 8 nitrogen and oxygen atoms in total. The summed E-state index contributed by atoms with van der Waals surface area (Å²) in [6, 6.07) is 9.23. The zero-order valence-corrected chi connectivity index (χ0v) is 12.0. The number of hydrogen-bond acceptors (Lipinski definition) is 6. The average Bonchev–Trinajstić information content (AvgIpc) is 2.91. The van der Waals surface area contributed by atoms with Gasteiger partial charge in [0, 0.05) is 12.7 Å². The van der Waals surface area contributed by atoms with Gasteiger partial charge in [-0.1, -0.05) is 30.0 Å². The molecule has 0 spiro atoms. The number of tetrazole rings is 1. The molecule has 0 radical (unpaired) electrons. The minimum absolute atomic E-state index is 0.116. The van der Waals surface area contributed by atoms with Crippen LogP contribution < -0.4 is 4.90 Å². The Morgan fingerprint density at radius 3 is 2.71 bits per heavy atom. The monoisotopic (exact) mass is 307 g/mol. The van der Waals surface area contributed by atoms with E-state index >= 15 is 0 Å². The molecule has 1 N–H and O–H groups in total. The number of anilines is 1. The molecule has 0 bridgehead atoms. The van der Waals surface area contributed by atoms with Crippen LogP contribution in [0.3, 0.4) is 0 Å². The predicted molar refractivity (Wildman–Crippen MR) is 76.0 cm³/mol. The Hall–Kier alpha value is -2.42. The number of para-hydroxylation sites is 1. The summed E-state index contributed by atoms with van der Waals surface area (Å²) in [5, 5.41) is 19.7. The topological polar surface area (TPSA) is 101 Å². The Kier molecular flexibility index (Phi) is 4.88. The van der Waals surface area contributed by atoms with E-state index in [0.717, 1.165) is 22.1 Å². The van der Waals surface area contributed by atoms with Crippen LogP contribution in [0.2, 0.25) is 0 Å². The number of aromatic nitrogens is 4. The molecule has 0 saturated heterocycles. The van der Waals surface area contributed by atoms with Gasteiger partial charge in [-0.05, 0) is 22.6 Å². The van der Waals surface area contributed by atoms with Gasteiger partial charge in [-0.3, -0.25) is 9.59 Å². The molecular weight excluding hydrogens is 294 g/mol. The maximum Gasteiger partial charge on any atom is 0.325 e. The molecule has 1 amide bonds. The first-order valence-corrected chi connectivity index (χ1v) is 6.99. The van der Waals surface area contributed by atoms with E-state index in [-0.39, 0.29) is 18.2 Å². The third kappa shape index (κ3) is 4.02. The van der Waals surface area contributed by atoms with Gasteiger partial charge in [0.05, 0.1) is 5.75 Å². The van der Waals surface area contributed by atoms with Crippen LogP contribution >= 0.6 is 11.8 Å². The highest BCUT2D eigenvalue weighted by molar-refractivity contribution is 7.99. The van der Waals surface area contributed by atoms with Crippen molar-refractivity contribution in [2.45, 2.75) is 11.7 Å². The van der Waals surface area contributed by atoms with Crippen molar-refractivity contribution >= 4 is 29.3 Å². The number of carboxylic acid groups (broad SMARTS) is 1. The average molecular weight is 307 g/mol. The third-order valence-electron chi connectivity index (χ3n) is 2.63. The first kappa shape index (κ1) is 15.0. The van der Waals surface area contributed by atoms with Crippen LogP contribution in [0.4, 0.5) is 5.69 Å². The Bertz CT molecular complexity index is 631. The molecule has 2 aromatic rings. The number of amides is 1. The molecule has 0 aliphatic rings. The summed E-state index contributed by atoms with van der Waals surface area (Å²) < 4.78 is 1.14. The molecule has 110 valence electrons. The molecule has 2 rings (SSSR count). The standard InChI is InChI=1S/C12H13N5O3S/c1-16(9-5-3-2-4-6-9)10(18)8-21-12-13-14-15-17(12)7-11(19)20/h2-6H,7-8H2,1H3,(H,19,20). The summed E-state index contributed by atoms with van der Waals surface area (Å²) in [5.74, 6) is -1.06. The lowest BCUT2D eigenvalue weighted by Gasteiger charge is -2.16. The largest absolute Gasteiger partial charge is 0.480 e. The number of carbonyl (C=O) groups is 2. The molecule has 9 heteroatoms. The van der Waals surface area contributed by atoms with Crippen molar-refractivity contribution in [3.8, 4) is 0 Å². The van der Waals surface area contributed by atoms with Gasteiger partial charge < -0.3 is 10.0 Å². The third-order valence-corrected chi connectivity index (χ3v) is 3.57. The molecule has 0 atom stereocenters. The fourth-order valence-electron chi connectivity index (χ4n) is 1.55. The lowest BCUT2D eigenvalue weighted by molar-refractivity contribution is -0.138. The van der Waals surface area contributed by atoms with E-state index in [1.54, 1.807) is 7.05 Å². The normalized spacial score (nSPS) is 10.3. The minimum atomic E-state index is -1.04. The van der Waals surface area contributed by atoms with Crippen LogP contribution in [0, 0.1) is 0 Å². The first-order chi connectivity index (χ1) is 10.1. The lowest BCUT2D eigenvalue weighted by atomic mass is 10.3. The number of benzene rings is 1. The summed E-state index contributed by atoms with van der Waals surface area (Å²) >= 11 is 1.10. The van der Waals surface area contributed by atoms with Crippen LogP contribution in [0.5, 0.6) is 0 Å². The summed E-state index contributed by atoms with van der Waals surface area (Å²) in [6.07, 6.45) is 0. The van der Waals surface area contributed by atoms with Gasteiger partial charge in [-0.2, -0.15) is 0 Å². The SMILES string of the molecule is CN(C(=O)CSc1nnnn1CC(=O)O)c1ccccc1. The Morgan fingerprint density at radius 2 is 2.05 bits per heavy atom. The summed E-state index contributed by atoms with van der Waals surface area (Å²) in [4.78, 5) is 24.3. The Labute approximate surface area is 124 Å². The second-order valence-corrected chi connectivity index (χ2v) is 5.03. The van der Waals surface area contributed by atoms with Crippen molar-refractivity contribution in [2.24, 2.45) is 0 Å². The number of nitrogens with zero attached hydrogens (tertiary/aromatic N) is 5. The number of rotatable bonds is 6. The fourth-order valence-corrected chi connectivity index (χ4v) is 2.34. The Balaban J connectivity index is 1.95. The quantitative estimate of drug-likeness (QED) is 0.776. The number of carbonyl (C=O) groups excluding carboxylic acids is 1. The van der Waals surface area contributed by atoms with Crippen molar-refractivity contribution in [3.63, 3.8) is 0 Å². The number of carboxylic acids is 1. The van der Waals surface area contributed by atoms with E-state index in [0.29, 0.717) is 5.16 Å².